The van der Waals surface area contributed by atoms with E-state index in [-0.39, 0.29) is 29.6 Å². The predicted molar refractivity (Wildman–Crippen MR) is 104 cm³/mol. The van der Waals surface area contributed by atoms with Gasteiger partial charge in [0.25, 0.3) is 0 Å². The third kappa shape index (κ3) is 19.9. The van der Waals surface area contributed by atoms with Gasteiger partial charge in [0, 0.05) is 6.42 Å². The highest BCUT2D eigenvalue weighted by molar-refractivity contribution is 5.86. The number of hydrogen-bond acceptors (Lipinski definition) is 4. The maximum atomic E-state index is 11.4. The first kappa shape index (κ1) is 26.1. The molecule has 4 nitrogen and oxygen atoms in total. The van der Waals surface area contributed by atoms with Gasteiger partial charge in [-0.05, 0) is 13.5 Å². The van der Waals surface area contributed by atoms with Crippen molar-refractivity contribution < 1.29 is 14.3 Å². The molecule has 1 N–H and O–H groups in total. The highest BCUT2D eigenvalue weighted by Gasteiger charge is 2.08. The SMILES string of the molecule is CCCCCCCCCCCCCCCC(=O)OC(=O)CNC.[MgH2]. The summed E-state index contributed by atoms with van der Waals surface area (Å²) in [5, 5.41) is 2.66. The van der Waals surface area contributed by atoms with E-state index in [2.05, 4.69) is 17.0 Å². The minimum Gasteiger partial charge on any atom is -0.392 e. The van der Waals surface area contributed by atoms with Crippen molar-refractivity contribution in [2.24, 2.45) is 0 Å². The van der Waals surface area contributed by atoms with Crippen LogP contribution in [0.25, 0.3) is 0 Å². The minimum atomic E-state index is -0.493. The number of hydrogen-bond donors (Lipinski definition) is 1. The summed E-state index contributed by atoms with van der Waals surface area (Å²) in [7, 11) is 1.65. The predicted octanol–water partition coefficient (Wildman–Crippen LogP) is 3.84. The van der Waals surface area contributed by atoms with Crippen molar-refractivity contribution in [3.8, 4) is 0 Å². The Morgan fingerprint density at radius 2 is 1.12 bits per heavy atom. The van der Waals surface area contributed by atoms with Crippen LogP contribution in [0.15, 0.2) is 0 Å². The van der Waals surface area contributed by atoms with E-state index >= 15 is 0 Å². The van der Waals surface area contributed by atoms with Crippen LogP contribution in [0, 0.1) is 0 Å². The molecule has 0 unspecified atom stereocenters. The zero-order valence-corrected chi connectivity index (χ0v) is 15.3. The quantitative estimate of drug-likeness (QED) is 0.198. The smallest absolute Gasteiger partial charge is 0.327 e. The van der Waals surface area contributed by atoms with Gasteiger partial charge in [0.15, 0.2) is 0 Å². The number of esters is 2. The molecule has 0 fully saturated rings. The van der Waals surface area contributed by atoms with Crippen molar-refractivity contribution in [1.82, 2.24) is 5.32 Å². The molecule has 140 valence electrons. The van der Waals surface area contributed by atoms with Crippen LogP contribution < -0.4 is 5.32 Å². The molecule has 0 aliphatic carbocycles. The average molecular weight is 354 g/mol. The van der Waals surface area contributed by atoms with Gasteiger partial charge in [-0.25, -0.2) is 0 Å². The van der Waals surface area contributed by atoms with Gasteiger partial charge < -0.3 is 10.1 Å². The van der Waals surface area contributed by atoms with Crippen molar-refractivity contribution in [3.05, 3.63) is 0 Å². The molecular formula is C19H39MgNO3. The molecule has 0 amide bonds. The van der Waals surface area contributed by atoms with Crippen LogP contribution in [0.5, 0.6) is 0 Å². The van der Waals surface area contributed by atoms with Crippen LogP contribution in [-0.4, -0.2) is 48.6 Å². The molecule has 0 aromatic rings. The van der Waals surface area contributed by atoms with Crippen LogP contribution in [0.4, 0.5) is 0 Å². The monoisotopic (exact) mass is 353 g/mol. The third-order valence-corrected chi connectivity index (χ3v) is 4.03. The van der Waals surface area contributed by atoms with Crippen molar-refractivity contribution in [2.45, 2.75) is 96.8 Å². The Kier molecular flexibility index (Phi) is 22.7. The summed E-state index contributed by atoms with van der Waals surface area (Å²) in [6.45, 7) is 2.34. The Morgan fingerprint density at radius 1 is 0.708 bits per heavy atom. The first-order valence-electron chi connectivity index (χ1n) is 9.58. The second-order valence-corrected chi connectivity index (χ2v) is 6.37. The molecule has 5 heteroatoms. The lowest BCUT2D eigenvalue weighted by atomic mass is 10.0. The normalized spacial score (nSPS) is 10.2. The first-order chi connectivity index (χ1) is 11.2. The topological polar surface area (TPSA) is 55.4 Å². The Labute approximate surface area is 165 Å². The molecule has 0 rings (SSSR count). The highest BCUT2D eigenvalue weighted by Crippen LogP contribution is 2.13. The summed E-state index contributed by atoms with van der Waals surface area (Å²) in [6, 6.07) is 0. The van der Waals surface area contributed by atoms with Crippen molar-refractivity contribution >= 4 is 35.0 Å². The van der Waals surface area contributed by atoms with Crippen molar-refractivity contribution in [1.29, 1.82) is 0 Å². The van der Waals surface area contributed by atoms with E-state index in [1.54, 1.807) is 7.05 Å². The number of carbonyl (C=O) groups excluding carboxylic acids is 2. The van der Waals surface area contributed by atoms with Gasteiger partial charge >= 0.3 is 35.0 Å². The van der Waals surface area contributed by atoms with Crippen LogP contribution in [-0.2, 0) is 14.3 Å². The number of unbranched alkanes of at least 4 members (excludes halogenated alkanes) is 12. The second-order valence-electron chi connectivity index (χ2n) is 6.37. The molecule has 0 radical (unpaired) electrons. The van der Waals surface area contributed by atoms with Gasteiger partial charge in [-0.2, -0.15) is 0 Å². The molecule has 0 aliphatic rings. The average Bonchev–Trinajstić information content (AvgIpc) is 2.52. The molecule has 0 aliphatic heterocycles. The van der Waals surface area contributed by atoms with Gasteiger partial charge in [0.05, 0.1) is 6.54 Å². The molecule has 0 spiro atoms. The van der Waals surface area contributed by atoms with Crippen LogP contribution >= 0.6 is 0 Å². The van der Waals surface area contributed by atoms with Gasteiger partial charge in [0.2, 0.25) is 0 Å². The Morgan fingerprint density at radius 3 is 1.54 bits per heavy atom. The second kappa shape index (κ2) is 20.9. The van der Waals surface area contributed by atoms with Gasteiger partial charge in [0.1, 0.15) is 0 Å². The fraction of sp³-hybridized carbons (Fsp3) is 0.895. The first-order valence-corrected chi connectivity index (χ1v) is 9.58. The number of likely N-dealkylation sites (N-methyl/N-ethyl adjacent to an activating group) is 1. The lowest BCUT2D eigenvalue weighted by Gasteiger charge is -2.04. The molecule has 0 saturated heterocycles. The highest BCUT2D eigenvalue weighted by atomic mass is 24.3. The van der Waals surface area contributed by atoms with E-state index in [9.17, 15) is 9.59 Å². The zero-order chi connectivity index (χ0) is 17.2. The maximum Gasteiger partial charge on any atom is 0.327 e. The maximum absolute atomic E-state index is 11.4. The standard InChI is InChI=1S/C19H37NO3.Mg.2H/c1-3-4-5-6-7-8-9-10-11-12-13-14-15-16-18(21)23-19(22)17-20-2;;;/h20H,3-17H2,1-2H3;;;. The summed E-state index contributed by atoms with van der Waals surface area (Å²) >= 11 is 0. The Balaban J connectivity index is 0. The number of carbonyl (C=O) groups is 2. The molecule has 0 bridgehead atoms. The van der Waals surface area contributed by atoms with E-state index in [4.69, 9.17) is 0 Å². The summed E-state index contributed by atoms with van der Waals surface area (Å²) in [6.07, 6.45) is 17.0. The van der Waals surface area contributed by atoms with Crippen LogP contribution in [0.1, 0.15) is 96.8 Å². The molecule has 0 aromatic heterocycles. The molecule has 0 heterocycles. The molecular weight excluding hydrogens is 315 g/mol. The summed E-state index contributed by atoms with van der Waals surface area (Å²) in [5.41, 5.74) is 0. The van der Waals surface area contributed by atoms with Crippen molar-refractivity contribution in [3.63, 3.8) is 0 Å². The van der Waals surface area contributed by atoms with E-state index in [0.717, 1.165) is 12.8 Å². The van der Waals surface area contributed by atoms with E-state index in [1.807, 2.05) is 0 Å². The third-order valence-electron chi connectivity index (χ3n) is 4.03. The summed E-state index contributed by atoms with van der Waals surface area (Å²) < 4.78 is 4.66. The Hall–Kier alpha value is -0.134. The largest absolute Gasteiger partial charge is 0.392 e. The number of rotatable bonds is 16. The Bertz CT molecular complexity index is 298. The lowest BCUT2D eigenvalue weighted by molar-refractivity contribution is -0.158. The fourth-order valence-corrected chi connectivity index (χ4v) is 2.65. The zero-order valence-electron chi connectivity index (χ0n) is 15.3. The van der Waals surface area contributed by atoms with Crippen LogP contribution in [0.3, 0.4) is 0 Å². The van der Waals surface area contributed by atoms with Gasteiger partial charge in [-0.1, -0.05) is 84.0 Å². The molecule has 24 heavy (non-hydrogen) atoms. The van der Waals surface area contributed by atoms with Gasteiger partial charge in [-0.3, -0.25) is 9.59 Å². The molecule has 0 saturated carbocycles. The molecule has 0 aromatic carbocycles. The van der Waals surface area contributed by atoms with E-state index in [1.165, 1.54) is 70.6 Å². The van der Waals surface area contributed by atoms with Gasteiger partial charge in [-0.15, -0.1) is 0 Å². The number of ether oxygens (including phenoxy) is 1. The van der Waals surface area contributed by atoms with Crippen molar-refractivity contribution in [2.75, 3.05) is 13.6 Å². The molecule has 0 atom stereocenters. The van der Waals surface area contributed by atoms with E-state index in [0.29, 0.717) is 6.42 Å². The minimum absolute atomic E-state index is 0. The lowest BCUT2D eigenvalue weighted by Crippen LogP contribution is -2.23. The fourth-order valence-electron chi connectivity index (χ4n) is 2.65. The van der Waals surface area contributed by atoms with E-state index < -0.39 is 11.9 Å². The summed E-state index contributed by atoms with van der Waals surface area (Å²) in [4.78, 5) is 22.4. The van der Waals surface area contributed by atoms with Crippen LogP contribution in [0.2, 0.25) is 0 Å². The number of nitrogens with one attached hydrogen (secondary N) is 1. The summed E-state index contributed by atoms with van der Waals surface area (Å²) in [5.74, 6) is -0.888.